The maximum Gasteiger partial charge on any atom is 0.295 e. The number of aliphatic hydroxyl groups is 1. The molecule has 1 N–H and O–H groups in total. The van der Waals surface area contributed by atoms with Crippen molar-refractivity contribution in [3.05, 3.63) is 89.2 Å². The van der Waals surface area contributed by atoms with Gasteiger partial charge < -0.3 is 19.3 Å². The molecule has 3 aromatic rings. The molecule has 1 atom stereocenters. The standard InChI is InChI=1S/C24H23N3O4S/c1-2-14-31-18-8-6-17(7-9-18)22(28)20-21(19-5-3-15-32-19)27(24(30)23(20)29)12-4-11-26-13-10-25-16-26/h2-3,5-10,13,15-16,21,28H,1,4,11-12,14H2/t21-/m0/s1. The molecule has 4 rings (SSSR count). The number of thiophene rings is 1. The van der Waals surface area contributed by atoms with Gasteiger partial charge in [0.2, 0.25) is 0 Å². The number of carbonyl (C=O) groups is 2. The zero-order chi connectivity index (χ0) is 22.5. The lowest BCUT2D eigenvalue weighted by atomic mass is 10.00. The van der Waals surface area contributed by atoms with E-state index in [-0.39, 0.29) is 11.3 Å². The van der Waals surface area contributed by atoms with Crippen LogP contribution in [0.2, 0.25) is 0 Å². The topological polar surface area (TPSA) is 84.7 Å². The number of hydrogen-bond acceptors (Lipinski definition) is 6. The van der Waals surface area contributed by atoms with E-state index in [9.17, 15) is 14.7 Å². The van der Waals surface area contributed by atoms with E-state index >= 15 is 0 Å². The van der Waals surface area contributed by atoms with Crippen molar-refractivity contribution in [2.45, 2.75) is 19.0 Å². The van der Waals surface area contributed by atoms with Gasteiger partial charge in [0.25, 0.3) is 11.7 Å². The Labute approximate surface area is 189 Å². The molecule has 164 valence electrons. The highest BCUT2D eigenvalue weighted by Crippen LogP contribution is 2.41. The quantitative estimate of drug-likeness (QED) is 0.231. The molecule has 1 fully saturated rings. The van der Waals surface area contributed by atoms with Crippen LogP contribution >= 0.6 is 11.3 Å². The summed E-state index contributed by atoms with van der Waals surface area (Å²) in [6.45, 7) is 5.04. The Hall–Kier alpha value is -3.65. The fourth-order valence-electron chi connectivity index (χ4n) is 3.72. The Kier molecular flexibility index (Phi) is 6.51. The van der Waals surface area contributed by atoms with Crippen molar-refractivity contribution in [3.63, 3.8) is 0 Å². The van der Waals surface area contributed by atoms with E-state index < -0.39 is 17.7 Å². The molecule has 0 radical (unpaired) electrons. The number of Topliss-reactive ketones (excluding diaryl/α,β-unsaturated/α-hetero) is 1. The summed E-state index contributed by atoms with van der Waals surface area (Å²) in [6, 6.07) is 9.90. The average Bonchev–Trinajstić information content (AvgIpc) is 3.56. The zero-order valence-corrected chi connectivity index (χ0v) is 18.2. The first-order valence-corrected chi connectivity index (χ1v) is 11.1. The van der Waals surface area contributed by atoms with Crippen LogP contribution in [0.1, 0.15) is 22.9 Å². The maximum atomic E-state index is 13.0. The Morgan fingerprint density at radius 2 is 2.03 bits per heavy atom. The van der Waals surface area contributed by atoms with E-state index in [0.717, 1.165) is 4.88 Å². The molecule has 32 heavy (non-hydrogen) atoms. The predicted octanol–water partition coefficient (Wildman–Crippen LogP) is 4.02. The first-order valence-electron chi connectivity index (χ1n) is 10.2. The minimum atomic E-state index is -0.671. The second-order valence-corrected chi connectivity index (χ2v) is 8.27. The number of rotatable bonds is 9. The molecular weight excluding hydrogens is 426 g/mol. The number of amides is 1. The van der Waals surface area contributed by atoms with Gasteiger partial charge in [0.1, 0.15) is 18.1 Å². The van der Waals surface area contributed by atoms with Crippen LogP contribution in [-0.2, 0) is 16.1 Å². The van der Waals surface area contributed by atoms with Crippen molar-refractivity contribution < 1.29 is 19.4 Å². The SMILES string of the molecule is C=CCOc1ccc(C(O)=C2C(=O)C(=O)N(CCCn3ccnc3)[C@H]2c2cccs2)cc1. The van der Waals surface area contributed by atoms with Crippen LogP contribution in [0.15, 0.2) is 78.7 Å². The number of likely N-dealkylation sites (tertiary alicyclic amines) is 1. The normalized spacial score (nSPS) is 17.6. The van der Waals surface area contributed by atoms with Gasteiger partial charge in [-0.15, -0.1) is 11.3 Å². The maximum absolute atomic E-state index is 13.0. The summed E-state index contributed by atoms with van der Waals surface area (Å²) in [7, 11) is 0. The number of ketones is 1. The second kappa shape index (κ2) is 9.65. The number of nitrogens with zero attached hydrogens (tertiary/aromatic N) is 3. The molecule has 1 saturated heterocycles. The van der Waals surface area contributed by atoms with Crippen molar-refractivity contribution >= 4 is 28.8 Å². The Morgan fingerprint density at radius 3 is 2.69 bits per heavy atom. The number of aryl methyl sites for hydroxylation is 1. The van der Waals surface area contributed by atoms with Gasteiger partial charge >= 0.3 is 0 Å². The lowest BCUT2D eigenvalue weighted by Gasteiger charge is -2.24. The van der Waals surface area contributed by atoms with Gasteiger partial charge in [0.15, 0.2) is 0 Å². The van der Waals surface area contributed by atoms with E-state index in [1.54, 1.807) is 47.8 Å². The highest BCUT2D eigenvalue weighted by molar-refractivity contribution is 7.10. The third-order valence-corrected chi connectivity index (χ3v) is 6.15. The molecule has 1 aromatic carbocycles. The van der Waals surface area contributed by atoms with E-state index in [2.05, 4.69) is 11.6 Å². The fourth-order valence-corrected chi connectivity index (χ4v) is 4.56. The average molecular weight is 450 g/mol. The molecule has 3 heterocycles. The molecule has 1 aliphatic rings. The lowest BCUT2D eigenvalue weighted by Crippen LogP contribution is -2.31. The van der Waals surface area contributed by atoms with Crippen molar-refractivity contribution in [2.75, 3.05) is 13.2 Å². The minimum absolute atomic E-state index is 0.111. The van der Waals surface area contributed by atoms with Gasteiger partial charge in [-0.25, -0.2) is 4.98 Å². The Bertz CT molecular complexity index is 1120. The van der Waals surface area contributed by atoms with Gasteiger partial charge in [-0.05, 0) is 42.1 Å². The number of ether oxygens (including phenoxy) is 1. The highest BCUT2D eigenvalue weighted by Gasteiger charge is 2.46. The van der Waals surface area contributed by atoms with E-state index in [1.165, 1.54) is 11.3 Å². The van der Waals surface area contributed by atoms with Gasteiger partial charge in [0, 0.05) is 35.9 Å². The number of aliphatic hydroxyl groups excluding tert-OH is 1. The van der Waals surface area contributed by atoms with Crippen molar-refractivity contribution in [3.8, 4) is 5.75 Å². The molecule has 0 aliphatic carbocycles. The van der Waals surface area contributed by atoms with E-state index in [0.29, 0.717) is 37.4 Å². The third-order valence-electron chi connectivity index (χ3n) is 5.22. The molecule has 0 bridgehead atoms. The van der Waals surface area contributed by atoms with Crippen LogP contribution in [0.5, 0.6) is 5.75 Å². The molecule has 0 spiro atoms. The van der Waals surface area contributed by atoms with Crippen LogP contribution in [0.25, 0.3) is 5.76 Å². The number of hydrogen-bond donors (Lipinski definition) is 1. The molecule has 0 saturated carbocycles. The van der Waals surface area contributed by atoms with E-state index in [4.69, 9.17) is 4.74 Å². The fraction of sp³-hybridized carbons (Fsp3) is 0.208. The minimum Gasteiger partial charge on any atom is -0.507 e. The van der Waals surface area contributed by atoms with Gasteiger partial charge in [0.05, 0.1) is 17.9 Å². The van der Waals surface area contributed by atoms with Crippen LogP contribution in [0, 0.1) is 0 Å². The van der Waals surface area contributed by atoms with Gasteiger partial charge in [-0.2, -0.15) is 0 Å². The summed E-state index contributed by atoms with van der Waals surface area (Å²) in [5, 5.41) is 12.9. The molecule has 7 nitrogen and oxygen atoms in total. The zero-order valence-electron chi connectivity index (χ0n) is 17.4. The second-order valence-electron chi connectivity index (χ2n) is 7.29. The monoisotopic (exact) mass is 449 g/mol. The van der Waals surface area contributed by atoms with Crippen molar-refractivity contribution in [2.24, 2.45) is 0 Å². The van der Waals surface area contributed by atoms with Gasteiger partial charge in [-0.1, -0.05) is 18.7 Å². The molecule has 0 unspecified atom stereocenters. The number of carbonyl (C=O) groups excluding carboxylic acids is 2. The smallest absolute Gasteiger partial charge is 0.295 e. The van der Waals surface area contributed by atoms with Crippen LogP contribution in [0.4, 0.5) is 0 Å². The van der Waals surface area contributed by atoms with Crippen LogP contribution in [0.3, 0.4) is 0 Å². The Balaban J connectivity index is 1.64. The van der Waals surface area contributed by atoms with Crippen molar-refractivity contribution in [1.82, 2.24) is 14.5 Å². The summed E-state index contributed by atoms with van der Waals surface area (Å²) in [5.74, 6) is -0.831. The van der Waals surface area contributed by atoms with Crippen LogP contribution < -0.4 is 4.74 Å². The molecule has 1 aliphatic heterocycles. The van der Waals surface area contributed by atoms with Crippen molar-refractivity contribution in [1.29, 1.82) is 0 Å². The predicted molar refractivity (Wildman–Crippen MR) is 122 cm³/mol. The largest absolute Gasteiger partial charge is 0.507 e. The molecule has 1 amide bonds. The van der Waals surface area contributed by atoms with Gasteiger partial charge in [-0.3, -0.25) is 9.59 Å². The third kappa shape index (κ3) is 4.36. The molecule has 2 aromatic heterocycles. The van der Waals surface area contributed by atoms with E-state index in [1.807, 2.05) is 28.3 Å². The first kappa shape index (κ1) is 21.6. The number of benzene rings is 1. The number of aromatic nitrogens is 2. The molecular formula is C24H23N3O4S. The summed E-state index contributed by atoms with van der Waals surface area (Å²) in [5.41, 5.74) is 0.564. The summed E-state index contributed by atoms with van der Waals surface area (Å²) >= 11 is 1.45. The first-order chi connectivity index (χ1) is 15.6. The lowest BCUT2D eigenvalue weighted by molar-refractivity contribution is -0.139. The Morgan fingerprint density at radius 1 is 1.22 bits per heavy atom. The highest BCUT2D eigenvalue weighted by atomic mass is 32.1. The van der Waals surface area contributed by atoms with Crippen LogP contribution in [-0.4, -0.2) is 44.4 Å². The summed E-state index contributed by atoms with van der Waals surface area (Å²) in [6.07, 6.45) is 7.57. The summed E-state index contributed by atoms with van der Waals surface area (Å²) < 4.78 is 7.40. The number of imidazole rings is 1. The summed E-state index contributed by atoms with van der Waals surface area (Å²) in [4.78, 5) is 32.3. The molecule has 8 heteroatoms.